The van der Waals surface area contributed by atoms with Gasteiger partial charge in [0.25, 0.3) is 0 Å². The number of benzene rings is 2. The number of nitrogens with zero attached hydrogens (tertiary/aromatic N) is 2. The Morgan fingerprint density at radius 2 is 1.30 bits per heavy atom. The predicted molar refractivity (Wildman–Crippen MR) is 87.6 cm³/mol. The fraction of sp³-hybridized carbons (Fsp3) is 0.0500. The van der Waals surface area contributed by atoms with Gasteiger partial charge in [-0.05, 0) is 22.3 Å². The molecule has 0 amide bonds. The molecule has 0 heterocycles. The summed E-state index contributed by atoms with van der Waals surface area (Å²) in [7, 11) is 0. The largest absolute Gasteiger partial charge is 0.292 e. The smallest absolute Gasteiger partial charge is 0.188 e. The van der Waals surface area contributed by atoms with E-state index in [9.17, 15) is 10.1 Å². The number of rotatable bonds is 4. The molecule has 1 aliphatic rings. The van der Waals surface area contributed by atoms with Crippen molar-refractivity contribution >= 4 is 16.9 Å². The van der Waals surface area contributed by atoms with E-state index in [1.54, 1.807) is 0 Å². The summed E-state index contributed by atoms with van der Waals surface area (Å²) in [6.07, 6.45) is -0.281. The molecule has 0 N–H and O–H groups in total. The Balaban J connectivity index is 2.15. The maximum absolute atomic E-state index is 12.1. The summed E-state index contributed by atoms with van der Waals surface area (Å²) < 4.78 is 0. The summed E-state index contributed by atoms with van der Waals surface area (Å²) in [5, 5.41) is 18.1. The van der Waals surface area contributed by atoms with Crippen LogP contribution >= 0.6 is 0 Å². The Morgan fingerprint density at radius 1 is 0.826 bits per heavy atom. The van der Waals surface area contributed by atoms with Crippen molar-refractivity contribution in [1.29, 1.82) is 10.5 Å². The average molecular weight is 296 g/mol. The fourth-order valence-corrected chi connectivity index (χ4v) is 2.64. The highest BCUT2D eigenvalue weighted by Gasteiger charge is 2.36. The van der Waals surface area contributed by atoms with E-state index in [1.807, 2.05) is 72.8 Å². The van der Waals surface area contributed by atoms with E-state index in [-0.39, 0.29) is 12.0 Å². The van der Waals surface area contributed by atoms with Crippen LogP contribution in [0.15, 0.2) is 71.8 Å². The molecule has 108 valence electrons. The Hall–Kier alpha value is -3.43. The van der Waals surface area contributed by atoms with Crippen molar-refractivity contribution in [1.82, 2.24) is 0 Å². The standard InChI is InChI=1S/C20H12N2O/c21-12-11-17(23)16(13-22)20-18(14-7-3-1-4-8-14)19(20)15-9-5-2-6-10-15/h1-10H,11H2. The van der Waals surface area contributed by atoms with Gasteiger partial charge in [-0.3, -0.25) is 4.79 Å². The molecule has 0 spiro atoms. The van der Waals surface area contributed by atoms with E-state index >= 15 is 0 Å². The van der Waals surface area contributed by atoms with Gasteiger partial charge in [0.1, 0.15) is 11.6 Å². The second-order valence-corrected chi connectivity index (χ2v) is 5.10. The highest BCUT2D eigenvalue weighted by Crippen LogP contribution is 2.54. The number of carbonyl (C=O) groups excluding carboxylic acids is 1. The van der Waals surface area contributed by atoms with Crippen LogP contribution in [0.3, 0.4) is 0 Å². The van der Waals surface area contributed by atoms with Gasteiger partial charge in [-0.2, -0.15) is 10.5 Å². The summed E-state index contributed by atoms with van der Waals surface area (Å²) >= 11 is 0. The van der Waals surface area contributed by atoms with Crippen molar-refractivity contribution in [2.45, 2.75) is 6.42 Å². The summed E-state index contributed by atoms with van der Waals surface area (Å²) in [6.45, 7) is 0. The number of allylic oxidation sites excluding steroid dienone is 4. The van der Waals surface area contributed by atoms with Crippen molar-refractivity contribution in [2.75, 3.05) is 0 Å². The fourth-order valence-electron chi connectivity index (χ4n) is 2.64. The minimum absolute atomic E-state index is 0.0734. The molecule has 0 aliphatic heterocycles. The minimum Gasteiger partial charge on any atom is -0.292 e. The molecule has 3 nitrogen and oxygen atoms in total. The van der Waals surface area contributed by atoms with E-state index in [2.05, 4.69) is 0 Å². The number of nitriles is 2. The molecule has 0 unspecified atom stereocenters. The van der Waals surface area contributed by atoms with Gasteiger partial charge in [0.15, 0.2) is 5.78 Å². The first-order valence-corrected chi connectivity index (χ1v) is 7.18. The highest BCUT2D eigenvalue weighted by molar-refractivity contribution is 6.30. The predicted octanol–water partition coefficient (Wildman–Crippen LogP) is 3.91. The normalized spacial score (nSPS) is 12.3. The van der Waals surface area contributed by atoms with Gasteiger partial charge < -0.3 is 0 Å². The Morgan fingerprint density at radius 3 is 1.70 bits per heavy atom. The van der Waals surface area contributed by atoms with Crippen LogP contribution in [0.1, 0.15) is 17.5 Å². The summed E-state index contributed by atoms with van der Waals surface area (Å²) in [5.74, 6) is -0.427. The minimum atomic E-state index is -0.427. The summed E-state index contributed by atoms with van der Waals surface area (Å²) in [6, 6.07) is 23.1. The van der Waals surface area contributed by atoms with Crippen LogP contribution in [-0.4, -0.2) is 5.78 Å². The Labute approximate surface area is 134 Å². The van der Waals surface area contributed by atoms with Crippen LogP contribution in [0, 0.1) is 22.7 Å². The average Bonchev–Trinajstić information content (AvgIpc) is 3.32. The lowest BCUT2D eigenvalue weighted by atomic mass is 10.0. The van der Waals surface area contributed by atoms with Crippen molar-refractivity contribution < 1.29 is 4.79 Å². The topological polar surface area (TPSA) is 64.7 Å². The van der Waals surface area contributed by atoms with Gasteiger partial charge in [0, 0.05) is 5.57 Å². The first-order valence-electron chi connectivity index (χ1n) is 7.18. The molecule has 0 bridgehead atoms. The molecule has 2 aromatic carbocycles. The lowest BCUT2D eigenvalue weighted by molar-refractivity contribution is -0.114. The van der Waals surface area contributed by atoms with Crippen LogP contribution in [0.4, 0.5) is 0 Å². The van der Waals surface area contributed by atoms with E-state index in [0.29, 0.717) is 5.57 Å². The van der Waals surface area contributed by atoms with Gasteiger partial charge in [-0.15, -0.1) is 0 Å². The maximum atomic E-state index is 12.1. The Bertz CT molecular complexity index is 856. The van der Waals surface area contributed by atoms with Crippen molar-refractivity contribution in [3.8, 4) is 12.1 Å². The summed E-state index contributed by atoms with van der Waals surface area (Å²) in [4.78, 5) is 12.1. The van der Waals surface area contributed by atoms with Crippen LogP contribution in [0.2, 0.25) is 0 Å². The van der Waals surface area contributed by atoms with Gasteiger partial charge in [-0.1, -0.05) is 60.7 Å². The molecule has 1 aliphatic carbocycles. The number of carbonyl (C=O) groups is 1. The van der Waals surface area contributed by atoms with Crippen molar-refractivity contribution in [3.05, 3.63) is 82.9 Å². The molecule has 3 heteroatoms. The molecule has 2 aromatic rings. The lowest BCUT2D eigenvalue weighted by Gasteiger charge is -1.96. The zero-order valence-electron chi connectivity index (χ0n) is 12.3. The number of Topliss-reactive ketones (excluding diaryl/α,β-unsaturated/α-hetero) is 1. The third kappa shape index (κ3) is 2.69. The first kappa shape index (κ1) is 14.5. The zero-order valence-corrected chi connectivity index (χ0v) is 12.3. The molecular weight excluding hydrogens is 284 g/mol. The van der Waals surface area contributed by atoms with Gasteiger partial charge in [0.2, 0.25) is 0 Å². The van der Waals surface area contributed by atoms with Gasteiger partial charge in [0.05, 0.1) is 12.5 Å². The van der Waals surface area contributed by atoms with Crippen LogP contribution < -0.4 is 0 Å². The molecule has 0 aromatic heterocycles. The SMILES string of the molecule is N#CCC(=O)C(C#N)=C1C(c2ccccc2)=C1c1ccccc1. The second-order valence-electron chi connectivity index (χ2n) is 5.10. The molecule has 0 fully saturated rings. The maximum Gasteiger partial charge on any atom is 0.188 e. The van der Waals surface area contributed by atoms with E-state index in [0.717, 1.165) is 22.3 Å². The van der Waals surface area contributed by atoms with Gasteiger partial charge in [-0.25, -0.2) is 0 Å². The van der Waals surface area contributed by atoms with Crippen LogP contribution in [0.25, 0.3) is 11.1 Å². The molecule has 0 atom stereocenters. The molecule has 23 heavy (non-hydrogen) atoms. The molecule has 0 saturated heterocycles. The highest BCUT2D eigenvalue weighted by atomic mass is 16.1. The molecular formula is C20H12N2O. The molecule has 0 radical (unpaired) electrons. The number of hydrogen-bond donors (Lipinski definition) is 0. The van der Waals surface area contributed by atoms with Gasteiger partial charge >= 0.3 is 0 Å². The van der Waals surface area contributed by atoms with Crippen LogP contribution in [-0.2, 0) is 4.79 Å². The third-order valence-corrected chi connectivity index (χ3v) is 3.69. The quantitative estimate of drug-likeness (QED) is 0.634. The zero-order chi connectivity index (χ0) is 16.2. The number of ketones is 1. The first-order chi connectivity index (χ1) is 11.3. The molecule has 3 rings (SSSR count). The second kappa shape index (κ2) is 6.13. The van der Waals surface area contributed by atoms with Crippen molar-refractivity contribution in [3.63, 3.8) is 0 Å². The van der Waals surface area contributed by atoms with E-state index < -0.39 is 5.78 Å². The van der Waals surface area contributed by atoms with E-state index in [1.165, 1.54) is 0 Å². The number of hydrogen-bond acceptors (Lipinski definition) is 3. The monoisotopic (exact) mass is 296 g/mol. The molecule has 0 saturated carbocycles. The van der Waals surface area contributed by atoms with Crippen LogP contribution in [0.5, 0.6) is 0 Å². The van der Waals surface area contributed by atoms with Crippen molar-refractivity contribution in [2.24, 2.45) is 0 Å². The lowest BCUT2D eigenvalue weighted by Crippen LogP contribution is -2.00. The third-order valence-electron chi connectivity index (χ3n) is 3.69. The van der Waals surface area contributed by atoms with E-state index in [4.69, 9.17) is 5.26 Å². The Kier molecular flexibility index (Phi) is 3.87. The summed E-state index contributed by atoms with van der Waals surface area (Å²) in [5.41, 5.74) is 4.52.